The molecule has 32 heavy (non-hydrogen) atoms. The van der Waals surface area contributed by atoms with Crippen molar-refractivity contribution in [3.05, 3.63) is 34.9 Å². The summed E-state index contributed by atoms with van der Waals surface area (Å²) in [5.74, 6) is 1.58. The van der Waals surface area contributed by atoms with E-state index in [-0.39, 0.29) is 11.5 Å². The zero-order chi connectivity index (χ0) is 22.9. The van der Waals surface area contributed by atoms with Crippen molar-refractivity contribution in [2.24, 2.45) is 23.7 Å². The van der Waals surface area contributed by atoms with Crippen molar-refractivity contribution in [2.75, 3.05) is 0 Å². The highest BCUT2D eigenvalue weighted by atomic mass is 19.2. The Morgan fingerprint density at radius 1 is 0.844 bits per heavy atom. The Bertz CT molecular complexity index is 736. The number of hydrogen-bond acceptors (Lipinski definition) is 1. The highest BCUT2D eigenvalue weighted by Gasteiger charge is 2.33. The summed E-state index contributed by atoms with van der Waals surface area (Å²) in [5.41, 5.74) is 0.281. The Kier molecular flexibility index (Phi) is 10.0. The van der Waals surface area contributed by atoms with Crippen LogP contribution in [0.25, 0.3) is 0 Å². The highest BCUT2D eigenvalue weighted by Crippen LogP contribution is 2.45. The molecular weight excluding hydrogens is 400 g/mol. The van der Waals surface area contributed by atoms with E-state index in [4.69, 9.17) is 5.26 Å². The molecule has 0 bridgehead atoms. The second-order valence-corrected chi connectivity index (χ2v) is 10.8. The van der Waals surface area contributed by atoms with Gasteiger partial charge in [-0.25, -0.2) is 8.78 Å². The van der Waals surface area contributed by atoms with E-state index in [0.29, 0.717) is 5.56 Å². The van der Waals surface area contributed by atoms with E-state index >= 15 is 0 Å². The molecule has 1 aromatic rings. The van der Waals surface area contributed by atoms with E-state index in [1.165, 1.54) is 76.7 Å². The zero-order valence-electron chi connectivity index (χ0n) is 20.4. The van der Waals surface area contributed by atoms with Gasteiger partial charge in [0.2, 0.25) is 0 Å². The van der Waals surface area contributed by atoms with Crippen LogP contribution in [0.5, 0.6) is 0 Å². The smallest absolute Gasteiger partial charge is 0.176 e. The van der Waals surface area contributed by atoms with Gasteiger partial charge in [0.25, 0.3) is 0 Å². The van der Waals surface area contributed by atoms with Gasteiger partial charge in [0, 0.05) is 0 Å². The summed E-state index contributed by atoms with van der Waals surface area (Å²) in [6, 6.07) is 4.81. The predicted molar refractivity (Wildman–Crippen MR) is 128 cm³/mol. The summed E-state index contributed by atoms with van der Waals surface area (Å²) in [7, 11) is 0. The molecule has 1 aromatic carbocycles. The molecule has 1 nitrogen and oxygen atoms in total. The maximum atomic E-state index is 14.5. The van der Waals surface area contributed by atoms with Crippen molar-refractivity contribution >= 4 is 0 Å². The van der Waals surface area contributed by atoms with E-state index in [2.05, 4.69) is 13.8 Å². The molecule has 2 aliphatic rings. The molecule has 178 valence electrons. The van der Waals surface area contributed by atoms with Crippen LogP contribution < -0.4 is 0 Å². The molecule has 3 heteroatoms. The van der Waals surface area contributed by atoms with Gasteiger partial charge in [0.1, 0.15) is 6.07 Å². The molecule has 0 radical (unpaired) electrons. The fraction of sp³-hybridized carbons (Fsp3) is 0.759. The van der Waals surface area contributed by atoms with Crippen molar-refractivity contribution in [3.63, 3.8) is 0 Å². The second-order valence-electron chi connectivity index (χ2n) is 10.8. The van der Waals surface area contributed by atoms with Gasteiger partial charge in [0.05, 0.1) is 5.56 Å². The minimum atomic E-state index is -0.974. The number of benzene rings is 1. The molecule has 0 spiro atoms. The molecule has 0 heterocycles. The van der Waals surface area contributed by atoms with Gasteiger partial charge in [-0.2, -0.15) is 5.26 Å². The Labute approximate surface area is 195 Å². The number of nitrogens with zero attached hydrogens (tertiary/aromatic N) is 1. The van der Waals surface area contributed by atoms with E-state index in [1.54, 1.807) is 12.1 Å². The molecule has 1 atom stereocenters. The number of unbranched alkanes of at least 4 members (excludes halogenated alkanes) is 5. The first-order chi connectivity index (χ1) is 15.5. The molecular formula is C29H43F2N. The molecule has 2 fully saturated rings. The Balaban J connectivity index is 1.39. The Morgan fingerprint density at radius 3 is 2.06 bits per heavy atom. The van der Waals surface area contributed by atoms with Crippen LogP contribution in [0.15, 0.2) is 12.1 Å². The molecule has 2 aliphatic carbocycles. The van der Waals surface area contributed by atoms with Crippen LogP contribution in [0, 0.1) is 46.6 Å². The van der Waals surface area contributed by atoms with E-state index in [9.17, 15) is 8.78 Å². The Morgan fingerprint density at radius 2 is 1.44 bits per heavy atom. The van der Waals surface area contributed by atoms with Gasteiger partial charge in [-0.15, -0.1) is 0 Å². The normalized spacial score (nSPS) is 27.1. The monoisotopic (exact) mass is 443 g/mol. The van der Waals surface area contributed by atoms with Crippen molar-refractivity contribution < 1.29 is 8.78 Å². The van der Waals surface area contributed by atoms with Crippen LogP contribution in [0.4, 0.5) is 8.78 Å². The topological polar surface area (TPSA) is 23.8 Å². The molecule has 0 N–H and O–H groups in total. The van der Waals surface area contributed by atoms with Crippen molar-refractivity contribution in [2.45, 2.75) is 116 Å². The first-order valence-electron chi connectivity index (χ1n) is 13.4. The van der Waals surface area contributed by atoms with Crippen molar-refractivity contribution in [1.82, 2.24) is 0 Å². The third-order valence-electron chi connectivity index (χ3n) is 8.79. The van der Waals surface area contributed by atoms with Crippen LogP contribution in [0.2, 0.25) is 0 Å². The summed E-state index contributed by atoms with van der Waals surface area (Å²) in [6.07, 6.45) is 19.5. The lowest BCUT2D eigenvalue weighted by molar-refractivity contribution is 0.131. The number of hydrogen-bond donors (Lipinski definition) is 0. The lowest BCUT2D eigenvalue weighted by Gasteiger charge is -2.39. The summed E-state index contributed by atoms with van der Waals surface area (Å²) < 4.78 is 28.5. The molecule has 2 saturated carbocycles. The molecule has 0 saturated heterocycles. The first-order valence-corrected chi connectivity index (χ1v) is 13.4. The third-order valence-corrected chi connectivity index (χ3v) is 8.79. The Hall–Kier alpha value is -1.43. The van der Waals surface area contributed by atoms with E-state index in [0.717, 1.165) is 49.4 Å². The quantitative estimate of drug-likeness (QED) is 0.330. The molecule has 0 aliphatic heterocycles. The van der Waals surface area contributed by atoms with E-state index in [1.807, 2.05) is 0 Å². The third kappa shape index (κ3) is 6.55. The maximum absolute atomic E-state index is 14.5. The zero-order valence-corrected chi connectivity index (χ0v) is 20.4. The average molecular weight is 444 g/mol. The van der Waals surface area contributed by atoms with Gasteiger partial charge >= 0.3 is 0 Å². The lowest BCUT2D eigenvalue weighted by Crippen LogP contribution is -2.28. The molecule has 0 amide bonds. The summed E-state index contributed by atoms with van der Waals surface area (Å²) >= 11 is 0. The van der Waals surface area contributed by atoms with E-state index < -0.39 is 11.6 Å². The van der Waals surface area contributed by atoms with Crippen LogP contribution >= 0.6 is 0 Å². The van der Waals surface area contributed by atoms with Gasteiger partial charge in [0.15, 0.2) is 11.6 Å². The number of rotatable bonds is 10. The SMILES string of the molecule is CCCCCCCCC1CCC(C(C)[C@H]2CC[C@H](c3ccc(C#N)c(F)c3F)CC2)CC1. The predicted octanol–water partition coefficient (Wildman–Crippen LogP) is 9.30. The fourth-order valence-corrected chi connectivity index (χ4v) is 6.52. The first kappa shape index (κ1) is 25.2. The number of halogens is 2. The maximum Gasteiger partial charge on any atom is 0.176 e. The lowest BCUT2D eigenvalue weighted by atomic mass is 9.66. The minimum Gasteiger partial charge on any atom is -0.203 e. The van der Waals surface area contributed by atoms with Crippen LogP contribution in [0.1, 0.15) is 127 Å². The van der Waals surface area contributed by atoms with Gasteiger partial charge in [-0.05, 0) is 79.7 Å². The summed E-state index contributed by atoms with van der Waals surface area (Å²) in [6.45, 7) is 4.73. The van der Waals surface area contributed by atoms with Crippen LogP contribution in [-0.4, -0.2) is 0 Å². The van der Waals surface area contributed by atoms with Gasteiger partial charge in [-0.1, -0.05) is 77.7 Å². The largest absolute Gasteiger partial charge is 0.203 e. The van der Waals surface area contributed by atoms with Gasteiger partial charge < -0.3 is 0 Å². The highest BCUT2D eigenvalue weighted by molar-refractivity contribution is 5.36. The van der Waals surface area contributed by atoms with Crippen LogP contribution in [-0.2, 0) is 0 Å². The number of nitriles is 1. The average Bonchev–Trinajstić information content (AvgIpc) is 2.83. The second kappa shape index (κ2) is 12.7. The fourth-order valence-electron chi connectivity index (χ4n) is 6.52. The van der Waals surface area contributed by atoms with Gasteiger partial charge in [-0.3, -0.25) is 0 Å². The summed E-state index contributed by atoms with van der Waals surface area (Å²) in [4.78, 5) is 0. The standard InChI is InChI=1S/C29H43F2N/c1-3-4-5-6-7-8-9-22-10-12-23(13-11-22)21(2)24-14-16-25(17-15-24)27-19-18-26(20-32)28(30)29(27)31/h18-19,21-25H,3-17H2,1-2H3/t21?,22?,23?,24-,25-. The van der Waals surface area contributed by atoms with Crippen molar-refractivity contribution in [1.29, 1.82) is 5.26 Å². The summed E-state index contributed by atoms with van der Waals surface area (Å²) in [5, 5.41) is 8.91. The minimum absolute atomic E-state index is 0.0914. The van der Waals surface area contributed by atoms with Crippen molar-refractivity contribution in [3.8, 4) is 6.07 Å². The molecule has 3 rings (SSSR count). The molecule has 0 aromatic heterocycles. The molecule has 1 unspecified atom stereocenters. The van der Waals surface area contributed by atoms with Crippen LogP contribution in [0.3, 0.4) is 0 Å².